The summed E-state index contributed by atoms with van der Waals surface area (Å²) in [5.74, 6) is 0. The molecule has 0 heterocycles. The topological polar surface area (TPSA) is 139 Å². The number of phosphoric ester groups is 1. The van der Waals surface area contributed by atoms with Gasteiger partial charge in [-0.05, 0) is 12.8 Å². The van der Waals surface area contributed by atoms with Crippen molar-refractivity contribution in [2.24, 2.45) is 0 Å². The zero-order valence-corrected chi connectivity index (χ0v) is 21.3. The number of quaternary nitrogens is 1. The van der Waals surface area contributed by atoms with Gasteiger partial charge in [-0.15, -0.1) is 0 Å². The SMILES string of the molecule is CCCCCCCCOCC(COP(=O)(O)OCC[NH3+])OP(=O)(O)CCCCCCC. The van der Waals surface area contributed by atoms with E-state index < -0.39 is 21.5 Å². The molecular weight excluding hydrogens is 444 g/mol. The van der Waals surface area contributed by atoms with Gasteiger partial charge in [0.05, 0.1) is 19.8 Å². The molecule has 0 fully saturated rings. The fourth-order valence-electron chi connectivity index (χ4n) is 2.90. The number of phosphoric acid groups is 1. The second-order valence-corrected chi connectivity index (χ2v) is 11.2. The number of hydrogen-bond donors (Lipinski definition) is 3. The summed E-state index contributed by atoms with van der Waals surface area (Å²) in [5.41, 5.74) is 3.53. The van der Waals surface area contributed by atoms with E-state index in [0.717, 1.165) is 44.9 Å². The Bertz CT molecular complexity index is 510. The van der Waals surface area contributed by atoms with Crippen LogP contribution in [0.5, 0.6) is 0 Å². The molecule has 0 rings (SSSR count). The highest BCUT2D eigenvalue weighted by Crippen LogP contribution is 2.46. The highest BCUT2D eigenvalue weighted by atomic mass is 31.2. The molecule has 0 saturated heterocycles. The molecule has 31 heavy (non-hydrogen) atoms. The largest absolute Gasteiger partial charge is 0.472 e. The van der Waals surface area contributed by atoms with E-state index in [4.69, 9.17) is 18.3 Å². The van der Waals surface area contributed by atoms with Crippen LogP contribution in [-0.2, 0) is 27.4 Å². The fraction of sp³-hybridized carbons (Fsp3) is 1.00. The molecule has 3 unspecified atom stereocenters. The maximum absolute atomic E-state index is 12.4. The standard InChI is InChI=1S/C20H45NO8P2/c1-3-5-7-9-10-12-15-26-18-20(19-28-31(24,25)27-16-14-21)29-30(22,23)17-13-11-8-6-4-2/h20H,3-19,21H2,1-2H3,(H,22,23)(H,24,25)/p+1. The molecule has 0 radical (unpaired) electrons. The molecule has 9 nitrogen and oxygen atoms in total. The first-order valence-electron chi connectivity index (χ1n) is 11.8. The third kappa shape index (κ3) is 20.5. The molecule has 0 bridgehead atoms. The maximum Gasteiger partial charge on any atom is 0.472 e. The molecule has 188 valence electrons. The second kappa shape index (κ2) is 19.6. The molecule has 0 amide bonds. The van der Waals surface area contributed by atoms with E-state index in [9.17, 15) is 18.9 Å². The molecule has 0 aromatic carbocycles. The number of hydrogen-bond acceptors (Lipinski definition) is 6. The summed E-state index contributed by atoms with van der Waals surface area (Å²) in [4.78, 5) is 19.9. The van der Waals surface area contributed by atoms with Gasteiger partial charge in [-0.2, -0.15) is 0 Å². The summed E-state index contributed by atoms with van der Waals surface area (Å²) in [6.45, 7) is 4.70. The predicted molar refractivity (Wildman–Crippen MR) is 122 cm³/mol. The summed E-state index contributed by atoms with van der Waals surface area (Å²) in [6.07, 6.45) is 10.5. The maximum atomic E-state index is 12.4. The van der Waals surface area contributed by atoms with E-state index in [2.05, 4.69) is 19.6 Å². The lowest BCUT2D eigenvalue weighted by Gasteiger charge is -2.22. The van der Waals surface area contributed by atoms with Gasteiger partial charge in [-0.25, -0.2) is 4.57 Å². The molecule has 5 N–H and O–H groups in total. The van der Waals surface area contributed by atoms with Crippen LogP contribution < -0.4 is 5.73 Å². The minimum absolute atomic E-state index is 0.00464. The van der Waals surface area contributed by atoms with Crippen molar-refractivity contribution in [3.8, 4) is 0 Å². The van der Waals surface area contributed by atoms with Crippen molar-refractivity contribution in [1.29, 1.82) is 0 Å². The summed E-state index contributed by atoms with van der Waals surface area (Å²) in [6, 6.07) is 0. The second-order valence-electron chi connectivity index (χ2n) is 7.80. The Hall–Kier alpha value is 0.180. The molecule has 0 saturated carbocycles. The average Bonchev–Trinajstić information content (AvgIpc) is 2.72. The van der Waals surface area contributed by atoms with Crippen LogP contribution in [0.3, 0.4) is 0 Å². The third-order valence-electron chi connectivity index (χ3n) is 4.63. The molecule has 11 heteroatoms. The van der Waals surface area contributed by atoms with E-state index in [0.29, 0.717) is 19.6 Å². The minimum atomic E-state index is -4.27. The van der Waals surface area contributed by atoms with Crippen molar-refractivity contribution in [2.75, 3.05) is 39.1 Å². The lowest BCUT2D eigenvalue weighted by atomic mass is 10.1. The first-order valence-corrected chi connectivity index (χ1v) is 15.0. The molecule has 0 aromatic rings. The van der Waals surface area contributed by atoms with Crippen LogP contribution in [0.15, 0.2) is 0 Å². The van der Waals surface area contributed by atoms with Crippen molar-refractivity contribution in [3.63, 3.8) is 0 Å². The molecule has 3 atom stereocenters. The Morgan fingerprint density at radius 2 is 1.35 bits per heavy atom. The average molecular weight is 491 g/mol. The van der Waals surface area contributed by atoms with Gasteiger partial charge in [0.1, 0.15) is 12.7 Å². The van der Waals surface area contributed by atoms with E-state index in [-0.39, 0.29) is 26.0 Å². The molecule has 0 aromatic heterocycles. The van der Waals surface area contributed by atoms with E-state index >= 15 is 0 Å². The van der Waals surface area contributed by atoms with Crippen LogP contribution in [-0.4, -0.2) is 55.0 Å². The van der Waals surface area contributed by atoms with E-state index in [1.807, 2.05) is 0 Å². The van der Waals surface area contributed by atoms with Gasteiger partial charge in [0.2, 0.25) is 0 Å². The van der Waals surface area contributed by atoms with Crippen LogP contribution in [0, 0.1) is 0 Å². The lowest BCUT2D eigenvalue weighted by molar-refractivity contribution is -0.371. The summed E-state index contributed by atoms with van der Waals surface area (Å²) in [5, 5.41) is 0. The van der Waals surface area contributed by atoms with E-state index in [1.54, 1.807) is 0 Å². The van der Waals surface area contributed by atoms with Crippen molar-refractivity contribution in [1.82, 2.24) is 0 Å². The number of unbranched alkanes of at least 4 members (excludes halogenated alkanes) is 9. The zero-order chi connectivity index (χ0) is 23.4. The summed E-state index contributed by atoms with van der Waals surface area (Å²) < 4.78 is 45.0. The first-order chi connectivity index (χ1) is 14.8. The van der Waals surface area contributed by atoms with Crippen molar-refractivity contribution >= 4 is 15.4 Å². The smallest absolute Gasteiger partial charge is 0.379 e. The zero-order valence-electron chi connectivity index (χ0n) is 19.5. The molecular formula is C20H46NO8P2+. The fourth-order valence-corrected chi connectivity index (χ4v) is 5.01. The van der Waals surface area contributed by atoms with Gasteiger partial charge >= 0.3 is 15.4 Å². The van der Waals surface area contributed by atoms with E-state index in [1.165, 1.54) is 19.3 Å². The summed E-state index contributed by atoms with van der Waals surface area (Å²) >= 11 is 0. The van der Waals surface area contributed by atoms with Crippen LogP contribution in [0.4, 0.5) is 0 Å². The Labute approximate surface area is 188 Å². The highest BCUT2D eigenvalue weighted by Gasteiger charge is 2.29. The molecule has 0 spiro atoms. The monoisotopic (exact) mass is 490 g/mol. The Kier molecular flexibility index (Phi) is 19.7. The van der Waals surface area contributed by atoms with Gasteiger partial charge in [0.25, 0.3) is 0 Å². The van der Waals surface area contributed by atoms with Gasteiger partial charge in [-0.3, -0.25) is 13.6 Å². The van der Waals surface area contributed by atoms with Crippen LogP contribution in [0.25, 0.3) is 0 Å². The Morgan fingerprint density at radius 3 is 1.97 bits per heavy atom. The van der Waals surface area contributed by atoms with Crippen molar-refractivity contribution in [3.05, 3.63) is 0 Å². The van der Waals surface area contributed by atoms with Crippen LogP contribution in [0.2, 0.25) is 0 Å². The quantitative estimate of drug-likeness (QED) is 0.142. The van der Waals surface area contributed by atoms with Crippen LogP contribution in [0.1, 0.15) is 84.5 Å². The van der Waals surface area contributed by atoms with Crippen molar-refractivity contribution in [2.45, 2.75) is 90.6 Å². The van der Waals surface area contributed by atoms with Gasteiger partial charge in [0, 0.05) is 12.8 Å². The lowest BCUT2D eigenvalue weighted by Crippen LogP contribution is -2.52. The highest BCUT2D eigenvalue weighted by molar-refractivity contribution is 7.52. The molecule has 0 aliphatic rings. The molecule has 0 aliphatic carbocycles. The van der Waals surface area contributed by atoms with Gasteiger partial charge in [0.15, 0.2) is 0 Å². The summed E-state index contributed by atoms with van der Waals surface area (Å²) in [7, 11) is -8.13. The number of ether oxygens (including phenoxy) is 1. The molecule has 0 aliphatic heterocycles. The third-order valence-corrected chi connectivity index (χ3v) is 7.12. The Morgan fingerprint density at radius 1 is 0.774 bits per heavy atom. The van der Waals surface area contributed by atoms with Crippen molar-refractivity contribution < 1.29 is 43.0 Å². The van der Waals surface area contributed by atoms with Gasteiger partial charge < -0.3 is 24.8 Å². The Balaban J connectivity index is 4.50. The van der Waals surface area contributed by atoms with Gasteiger partial charge in [-0.1, -0.05) is 71.6 Å². The minimum Gasteiger partial charge on any atom is -0.379 e. The predicted octanol–water partition coefficient (Wildman–Crippen LogP) is 4.28. The number of rotatable bonds is 23. The van der Waals surface area contributed by atoms with Crippen LogP contribution >= 0.6 is 15.4 Å². The normalized spacial score (nSPS) is 16.7. The first kappa shape index (κ1) is 31.2.